The van der Waals surface area contributed by atoms with Crippen LogP contribution in [0.25, 0.3) is 11.1 Å². The SMILES string of the molecule is Cc1cc(C)n(CCCC(=O)N2CCNC(=O)[C@H]2Cc2cccc(-c3cccc(F)c3)c2)n1. The third-order valence-electron chi connectivity index (χ3n) is 6.03. The Balaban J connectivity index is 1.44. The second kappa shape index (κ2) is 9.98. The van der Waals surface area contributed by atoms with E-state index in [1.807, 2.05) is 54.9 Å². The molecule has 33 heavy (non-hydrogen) atoms. The zero-order valence-electron chi connectivity index (χ0n) is 19.1. The molecule has 4 rings (SSSR count). The van der Waals surface area contributed by atoms with Crippen LogP contribution in [-0.4, -0.2) is 45.6 Å². The molecule has 2 heterocycles. The van der Waals surface area contributed by atoms with Crippen molar-refractivity contribution in [1.82, 2.24) is 20.0 Å². The van der Waals surface area contributed by atoms with E-state index in [-0.39, 0.29) is 17.6 Å². The number of amides is 2. The molecule has 2 aromatic carbocycles. The third-order valence-corrected chi connectivity index (χ3v) is 6.03. The molecule has 1 aromatic heterocycles. The lowest BCUT2D eigenvalue weighted by molar-refractivity contribution is -0.143. The van der Waals surface area contributed by atoms with E-state index in [0.717, 1.165) is 28.1 Å². The first-order chi connectivity index (χ1) is 15.9. The molecule has 7 heteroatoms. The van der Waals surface area contributed by atoms with Crippen LogP contribution < -0.4 is 5.32 Å². The van der Waals surface area contributed by atoms with Crippen molar-refractivity contribution in [3.8, 4) is 11.1 Å². The summed E-state index contributed by atoms with van der Waals surface area (Å²) in [5, 5.41) is 7.33. The lowest BCUT2D eigenvalue weighted by atomic mass is 9.97. The van der Waals surface area contributed by atoms with Crippen molar-refractivity contribution in [2.45, 2.75) is 45.7 Å². The summed E-state index contributed by atoms with van der Waals surface area (Å²) in [5.74, 6) is -0.441. The molecule has 0 bridgehead atoms. The molecule has 1 N–H and O–H groups in total. The highest BCUT2D eigenvalue weighted by molar-refractivity contribution is 5.89. The highest BCUT2D eigenvalue weighted by Gasteiger charge is 2.32. The number of benzene rings is 2. The summed E-state index contributed by atoms with van der Waals surface area (Å²) in [6, 6.07) is 15.6. The van der Waals surface area contributed by atoms with Gasteiger partial charge in [0, 0.05) is 38.2 Å². The molecule has 0 unspecified atom stereocenters. The van der Waals surface area contributed by atoms with Gasteiger partial charge in [0.2, 0.25) is 11.8 Å². The molecule has 1 saturated heterocycles. The van der Waals surface area contributed by atoms with Crippen LogP contribution in [0, 0.1) is 19.7 Å². The van der Waals surface area contributed by atoms with Crippen LogP contribution in [0.2, 0.25) is 0 Å². The van der Waals surface area contributed by atoms with Crippen LogP contribution >= 0.6 is 0 Å². The lowest BCUT2D eigenvalue weighted by Gasteiger charge is -2.35. The fraction of sp³-hybridized carbons (Fsp3) is 0.346. The Morgan fingerprint density at radius 2 is 1.88 bits per heavy atom. The minimum atomic E-state index is -0.553. The van der Waals surface area contributed by atoms with E-state index >= 15 is 0 Å². The Hall–Kier alpha value is -3.48. The van der Waals surface area contributed by atoms with E-state index in [1.165, 1.54) is 12.1 Å². The van der Waals surface area contributed by atoms with Crippen LogP contribution in [0.3, 0.4) is 0 Å². The first-order valence-corrected chi connectivity index (χ1v) is 11.3. The minimum Gasteiger partial charge on any atom is -0.353 e. The summed E-state index contributed by atoms with van der Waals surface area (Å²) >= 11 is 0. The van der Waals surface area contributed by atoms with Crippen molar-refractivity contribution >= 4 is 11.8 Å². The number of carbonyl (C=O) groups excluding carboxylic acids is 2. The lowest BCUT2D eigenvalue weighted by Crippen LogP contribution is -2.58. The number of rotatable bonds is 7. The fourth-order valence-corrected chi connectivity index (χ4v) is 4.41. The van der Waals surface area contributed by atoms with Crippen LogP contribution in [-0.2, 0) is 22.6 Å². The maximum Gasteiger partial charge on any atom is 0.243 e. The monoisotopic (exact) mass is 448 g/mol. The zero-order valence-corrected chi connectivity index (χ0v) is 19.1. The molecule has 1 fully saturated rings. The van der Waals surface area contributed by atoms with Gasteiger partial charge in [-0.2, -0.15) is 5.10 Å². The Morgan fingerprint density at radius 3 is 2.61 bits per heavy atom. The Morgan fingerprint density at radius 1 is 1.12 bits per heavy atom. The molecule has 6 nitrogen and oxygen atoms in total. The predicted molar refractivity (Wildman–Crippen MR) is 125 cm³/mol. The number of carbonyl (C=O) groups is 2. The summed E-state index contributed by atoms with van der Waals surface area (Å²) in [5.41, 5.74) is 4.63. The van der Waals surface area contributed by atoms with Crippen LogP contribution in [0.4, 0.5) is 4.39 Å². The van der Waals surface area contributed by atoms with Gasteiger partial charge in [-0.05, 0) is 55.2 Å². The second-order valence-corrected chi connectivity index (χ2v) is 8.56. The molecule has 1 atom stereocenters. The molecule has 1 aliphatic rings. The molecule has 3 aromatic rings. The first-order valence-electron chi connectivity index (χ1n) is 11.3. The molecule has 0 aliphatic carbocycles. The van der Waals surface area contributed by atoms with Crippen molar-refractivity contribution in [2.75, 3.05) is 13.1 Å². The largest absolute Gasteiger partial charge is 0.353 e. The Kier molecular flexibility index (Phi) is 6.87. The zero-order chi connectivity index (χ0) is 23.4. The molecular weight excluding hydrogens is 419 g/mol. The number of aromatic nitrogens is 2. The summed E-state index contributed by atoms with van der Waals surface area (Å²) in [7, 11) is 0. The summed E-state index contributed by atoms with van der Waals surface area (Å²) in [4.78, 5) is 27.4. The van der Waals surface area contributed by atoms with Crippen LogP contribution in [0.15, 0.2) is 54.6 Å². The van der Waals surface area contributed by atoms with Gasteiger partial charge in [-0.1, -0.05) is 36.4 Å². The van der Waals surface area contributed by atoms with Gasteiger partial charge in [0.05, 0.1) is 5.69 Å². The molecule has 2 amide bonds. The predicted octanol–water partition coefficient (Wildman–Crippen LogP) is 3.66. The van der Waals surface area contributed by atoms with Gasteiger partial charge >= 0.3 is 0 Å². The van der Waals surface area contributed by atoms with Crippen molar-refractivity contribution in [3.63, 3.8) is 0 Å². The number of halogens is 1. The summed E-state index contributed by atoms with van der Waals surface area (Å²) in [6.45, 7) is 5.59. The molecular formula is C26H29FN4O2. The van der Waals surface area contributed by atoms with Crippen LogP contribution in [0.1, 0.15) is 29.8 Å². The molecule has 0 spiro atoms. The molecule has 0 radical (unpaired) electrons. The Labute approximate surface area is 193 Å². The molecule has 0 saturated carbocycles. The van der Waals surface area contributed by atoms with Gasteiger partial charge in [0.25, 0.3) is 0 Å². The van der Waals surface area contributed by atoms with Gasteiger partial charge in [-0.15, -0.1) is 0 Å². The smallest absolute Gasteiger partial charge is 0.243 e. The normalized spacial score (nSPS) is 16.0. The van der Waals surface area contributed by atoms with E-state index in [0.29, 0.717) is 38.9 Å². The molecule has 1 aliphatic heterocycles. The van der Waals surface area contributed by atoms with Gasteiger partial charge in [0.15, 0.2) is 0 Å². The second-order valence-electron chi connectivity index (χ2n) is 8.56. The number of aryl methyl sites for hydroxylation is 3. The van der Waals surface area contributed by atoms with Crippen molar-refractivity contribution in [3.05, 3.63) is 77.4 Å². The van der Waals surface area contributed by atoms with Gasteiger partial charge < -0.3 is 10.2 Å². The Bertz CT molecular complexity index is 1160. The summed E-state index contributed by atoms with van der Waals surface area (Å²) in [6.07, 6.45) is 1.45. The first kappa shape index (κ1) is 22.7. The highest BCUT2D eigenvalue weighted by Crippen LogP contribution is 2.23. The maximum atomic E-state index is 13.6. The van der Waals surface area contributed by atoms with Gasteiger partial charge in [0.1, 0.15) is 11.9 Å². The maximum absolute atomic E-state index is 13.6. The highest BCUT2D eigenvalue weighted by atomic mass is 19.1. The van der Waals surface area contributed by atoms with E-state index < -0.39 is 6.04 Å². The number of hydrogen-bond donors (Lipinski definition) is 1. The molecule has 172 valence electrons. The van der Waals surface area contributed by atoms with Gasteiger partial charge in [-0.25, -0.2) is 4.39 Å². The number of nitrogens with one attached hydrogen (secondary N) is 1. The minimum absolute atomic E-state index is 0.0160. The van der Waals surface area contributed by atoms with E-state index in [1.54, 1.807) is 11.0 Å². The quantitative estimate of drug-likeness (QED) is 0.600. The standard InChI is InChI=1S/C26H29FN4O2/c1-18-14-19(2)31(29-18)12-5-10-25(32)30-13-11-28-26(33)24(30)16-20-6-3-7-21(15-20)22-8-4-9-23(27)17-22/h3-4,6-9,14-15,17,24H,5,10-13,16H2,1-2H3,(H,28,33)/t24-/m1/s1. The van der Waals surface area contributed by atoms with E-state index in [4.69, 9.17) is 0 Å². The average Bonchev–Trinajstić information content (AvgIpc) is 3.12. The number of piperazine rings is 1. The van der Waals surface area contributed by atoms with E-state index in [9.17, 15) is 14.0 Å². The topological polar surface area (TPSA) is 67.2 Å². The average molecular weight is 449 g/mol. The third kappa shape index (κ3) is 5.48. The number of hydrogen-bond acceptors (Lipinski definition) is 3. The van der Waals surface area contributed by atoms with Crippen LogP contribution in [0.5, 0.6) is 0 Å². The fourth-order valence-electron chi connectivity index (χ4n) is 4.41. The van der Waals surface area contributed by atoms with Gasteiger partial charge in [-0.3, -0.25) is 14.3 Å². The van der Waals surface area contributed by atoms with Crippen molar-refractivity contribution in [2.24, 2.45) is 0 Å². The van der Waals surface area contributed by atoms with Crippen molar-refractivity contribution in [1.29, 1.82) is 0 Å². The summed E-state index contributed by atoms with van der Waals surface area (Å²) < 4.78 is 15.6. The van der Waals surface area contributed by atoms with Crippen molar-refractivity contribution < 1.29 is 14.0 Å². The number of nitrogens with zero attached hydrogens (tertiary/aromatic N) is 3. The van der Waals surface area contributed by atoms with E-state index in [2.05, 4.69) is 10.4 Å².